The van der Waals surface area contributed by atoms with Gasteiger partial charge in [-0.25, -0.2) is 4.98 Å². The zero-order valence-electron chi connectivity index (χ0n) is 10.5. The highest BCUT2D eigenvalue weighted by Gasteiger charge is 2.09. The van der Waals surface area contributed by atoms with Gasteiger partial charge in [0.25, 0.3) is 0 Å². The molecule has 1 aromatic heterocycles. The van der Waals surface area contributed by atoms with E-state index in [1.54, 1.807) is 6.20 Å². The van der Waals surface area contributed by atoms with Gasteiger partial charge < -0.3 is 10.0 Å². The summed E-state index contributed by atoms with van der Waals surface area (Å²) in [5.74, 6) is 0.110. The summed E-state index contributed by atoms with van der Waals surface area (Å²) in [6.45, 7) is 5.52. The molecule has 4 heteroatoms. The molecule has 0 saturated carbocycles. The molecule has 1 rings (SSSR count). The van der Waals surface area contributed by atoms with E-state index in [2.05, 4.69) is 11.9 Å². The van der Waals surface area contributed by atoms with E-state index in [1.807, 2.05) is 24.0 Å². The van der Waals surface area contributed by atoms with Crippen LogP contribution in [-0.4, -0.2) is 29.1 Å². The van der Waals surface area contributed by atoms with E-state index < -0.39 is 5.97 Å². The Balaban J connectivity index is 2.70. The number of hydrogen-bond donors (Lipinski definition) is 1. The summed E-state index contributed by atoms with van der Waals surface area (Å²) in [5.41, 5.74) is 1.15. The lowest BCUT2D eigenvalue weighted by atomic mass is 10.2. The first-order chi connectivity index (χ1) is 8.13. The van der Waals surface area contributed by atoms with Crippen LogP contribution in [0, 0.1) is 6.92 Å². The van der Waals surface area contributed by atoms with Crippen LogP contribution in [0.25, 0.3) is 0 Å². The predicted molar refractivity (Wildman–Crippen MR) is 68.3 cm³/mol. The van der Waals surface area contributed by atoms with Crippen molar-refractivity contribution < 1.29 is 9.90 Å². The van der Waals surface area contributed by atoms with Gasteiger partial charge >= 0.3 is 5.97 Å². The summed E-state index contributed by atoms with van der Waals surface area (Å²) in [6.07, 6.45) is 4.06. The Morgan fingerprint density at radius 3 is 2.82 bits per heavy atom. The molecular weight excluding hydrogens is 216 g/mol. The van der Waals surface area contributed by atoms with E-state index in [4.69, 9.17) is 5.11 Å². The van der Waals surface area contributed by atoms with E-state index in [9.17, 15) is 4.79 Å². The molecule has 1 aromatic rings. The Labute approximate surface area is 102 Å². The van der Waals surface area contributed by atoms with Crippen LogP contribution < -0.4 is 4.90 Å². The molecule has 0 aliphatic rings. The molecule has 17 heavy (non-hydrogen) atoms. The topological polar surface area (TPSA) is 53.4 Å². The minimum atomic E-state index is -0.765. The first kappa shape index (κ1) is 13.5. The molecule has 0 aromatic carbocycles. The maximum atomic E-state index is 10.6. The van der Waals surface area contributed by atoms with Crippen LogP contribution in [0.1, 0.15) is 31.7 Å². The minimum absolute atomic E-state index is 0.152. The Morgan fingerprint density at radius 1 is 1.47 bits per heavy atom. The standard InChI is InChI=1S/C13H20N2O2/c1-3-4-8-15(9-6-13(16)17)12-10-11(2)5-7-14-12/h5,7,10H,3-4,6,8-9H2,1-2H3,(H,16,17). The van der Waals surface area contributed by atoms with Gasteiger partial charge in [-0.05, 0) is 31.0 Å². The highest BCUT2D eigenvalue weighted by atomic mass is 16.4. The van der Waals surface area contributed by atoms with Crippen molar-refractivity contribution in [1.82, 2.24) is 4.98 Å². The van der Waals surface area contributed by atoms with Gasteiger partial charge in [0.1, 0.15) is 5.82 Å². The maximum absolute atomic E-state index is 10.6. The molecular formula is C13H20N2O2. The van der Waals surface area contributed by atoms with Gasteiger partial charge in [0.2, 0.25) is 0 Å². The summed E-state index contributed by atoms with van der Waals surface area (Å²) < 4.78 is 0. The molecule has 94 valence electrons. The van der Waals surface area contributed by atoms with Crippen molar-refractivity contribution >= 4 is 11.8 Å². The van der Waals surface area contributed by atoms with Gasteiger partial charge in [-0.1, -0.05) is 13.3 Å². The van der Waals surface area contributed by atoms with Crippen molar-refractivity contribution in [1.29, 1.82) is 0 Å². The van der Waals surface area contributed by atoms with E-state index in [0.29, 0.717) is 6.54 Å². The molecule has 0 atom stereocenters. The highest BCUT2D eigenvalue weighted by molar-refractivity contribution is 5.67. The number of carboxylic acid groups (broad SMARTS) is 1. The monoisotopic (exact) mass is 236 g/mol. The second-order valence-electron chi connectivity index (χ2n) is 4.18. The van der Waals surface area contributed by atoms with Crippen LogP contribution in [-0.2, 0) is 4.79 Å². The lowest BCUT2D eigenvalue weighted by Gasteiger charge is -2.23. The second-order valence-corrected chi connectivity index (χ2v) is 4.18. The maximum Gasteiger partial charge on any atom is 0.305 e. The first-order valence-electron chi connectivity index (χ1n) is 6.03. The predicted octanol–water partition coefficient (Wildman–Crippen LogP) is 2.47. The molecule has 0 saturated heterocycles. The van der Waals surface area contributed by atoms with Crippen LogP contribution in [0.2, 0.25) is 0 Å². The van der Waals surface area contributed by atoms with Crippen LogP contribution >= 0.6 is 0 Å². The van der Waals surface area contributed by atoms with E-state index in [-0.39, 0.29) is 6.42 Å². The Morgan fingerprint density at radius 2 is 2.24 bits per heavy atom. The van der Waals surface area contributed by atoms with Crippen molar-refractivity contribution in [2.24, 2.45) is 0 Å². The number of nitrogens with zero attached hydrogens (tertiary/aromatic N) is 2. The summed E-state index contributed by atoms with van der Waals surface area (Å²) >= 11 is 0. The molecule has 0 aliphatic carbocycles. The van der Waals surface area contributed by atoms with E-state index >= 15 is 0 Å². The number of aliphatic carboxylic acids is 1. The molecule has 0 bridgehead atoms. The molecule has 0 unspecified atom stereocenters. The minimum Gasteiger partial charge on any atom is -0.481 e. The molecule has 1 N–H and O–H groups in total. The van der Waals surface area contributed by atoms with Crippen LogP contribution in [0.5, 0.6) is 0 Å². The fourth-order valence-electron chi connectivity index (χ4n) is 1.61. The fourth-order valence-corrected chi connectivity index (χ4v) is 1.61. The van der Waals surface area contributed by atoms with Crippen LogP contribution in [0.3, 0.4) is 0 Å². The van der Waals surface area contributed by atoms with Gasteiger partial charge in [-0.2, -0.15) is 0 Å². The lowest BCUT2D eigenvalue weighted by Crippen LogP contribution is -2.28. The Bertz CT molecular complexity index is 366. The molecule has 0 aliphatic heterocycles. The third kappa shape index (κ3) is 4.85. The van der Waals surface area contributed by atoms with Gasteiger partial charge in [-0.3, -0.25) is 4.79 Å². The average Bonchev–Trinajstić information content (AvgIpc) is 2.29. The summed E-state index contributed by atoms with van der Waals surface area (Å²) in [5, 5.41) is 8.74. The van der Waals surface area contributed by atoms with E-state index in [1.165, 1.54) is 0 Å². The van der Waals surface area contributed by atoms with Gasteiger partial charge in [0.05, 0.1) is 6.42 Å². The molecule has 0 radical (unpaired) electrons. The van der Waals surface area contributed by atoms with Crippen molar-refractivity contribution in [2.75, 3.05) is 18.0 Å². The molecule has 4 nitrogen and oxygen atoms in total. The zero-order valence-corrected chi connectivity index (χ0v) is 10.5. The quantitative estimate of drug-likeness (QED) is 0.790. The van der Waals surface area contributed by atoms with Crippen LogP contribution in [0.15, 0.2) is 18.3 Å². The first-order valence-corrected chi connectivity index (χ1v) is 6.03. The SMILES string of the molecule is CCCCN(CCC(=O)O)c1cc(C)ccn1. The molecule has 1 heterocycles. The van der Waals surface area contributed by atoms with Crippen molar-refractivity contribution in [3.8, 4) is 0 Å². The van der Waals surface area contributed by atoms with Crippen molar-refractivity contribution in [3.05, 3.63) is 23.9 Å². The summed E-state index contributed by atoms with van der Waals surface area (Å²) in [7, 11) is 0. The Hall–Kier alpha value is -1.58. The third-order valence-electron chi connectivity index (χ3n) is 2.60. The largest absolute Gasteiger partial charge is 0.481 e. The van der Waals surface area contributed by atoms with Crippen molar-refractivity contribution in [3.63, 3.8) is 0 Å². The molecule has 0 amide bonds. The normalized spacial score (nSPS) is 10.2. The number of rotatable bonds is 7. The number of aryl methyl sites for hydroxylation is 1. The number of hydrogen-bond acceptors (Lipinski definition) is 3. The number of aromatic nitrogens is 1. The second kappa shape index (κ2) is 6.89. The van der Waals surface area contributed by atoms with Gasteiger partial charge in [0, 0.05) is 19.3 Å². The zero-order chi connectivity index (χ0) is 12.7. The van der Waals surface area contributed by atoms with Crippen LogP contribution in [0.4, 0.5) is 5.82 Å². The van der Waals surface area contributed by atoms with E-state index in [0.717, 1.165) is 30.8 Å². The van der Waals surface area contributed by atoms with Crippen molar-refractivity contribution in [2.45, 2.75) is 33.1 Å². The average molecular weight is 236 g/mol. The lowest BCUT2D eigenvalue weighted by molar-refractivity contribution is -0.136. The smallest absolute Gasteiger partial charge is 0.305 e. The fraction of sp³-hybridized carbons (Fsp3) is 0.538. The highest BCUT2D eigenvalue weighted by Crippen LogP contribution is 2.13. The number of anilines is 1. The number of carbonyl (C=O) groups is 1. The molecule has 0 fully saturated rings. The van der Waals surface area contributed by atoms with Gasteiger partial charge in [0.15, 0.2) is 0 Å². The van der Waals surface area contributed by atoms with Gasteiger partial charge in [-0.15, -0.1) is 0 Å². The summed E-state index contributed by atoms with van der Waals surface area (Å²) in [6, 6.07) is 3.94. The molecule has 0 spiro atoms. The number of pyridine rings is 1. The number of carboxylic acids is 1. The Kier molecular flexibility index (Phi) is 5.46. The summed E-state index contributed by atoms with van der Waals surface area (Å²) in [4.78, 5) is 17.0. The number of unbranched alkanes of at least 4 members (excludes halogenated alkanes) is 1. The third-order valence-corrected chi connectivity index (χ3v) is 2.60.